The summed E-state index contributed by atoms with van der Waals surface area (Å²) < 4.78 is 43.3. The molecule has 0 radical (unpaired) electrons. The van der Waals surface area contributed by atoms with E-state index in [0.717, 1.165) is 12.3 Å². The maximum Gasteiger partial charge on any atom is 0.350 e. The second-order valence-corrected chi connectivity index (χ2v) is 9.45. The number of hydrogen-bond acceptors (Lipinski definition) is 7. The Bertz CT molecular complexity index is 1400. The van der Waals surface area contributed by atoms with Crippen molar-refractivity contribution in [1.82, 2.24) is 4.98 Å². The predicted octanol–water partition coefficient (Wildman–Crippen LogP) is 4.01. The van der Waals surface area contributed by atoms with E-state index >= 15 is 0 Å². The maximum absolute atomic E-state index is 12.1. The van der Waals surface area contributed by atoms with Gasteiger partial charge in [-0.05, 0) is 24.3 Å². The number of benzene rings is 2. The second kappa shape index (κ2) is 7.13. The van der Waals surface area contributed by atoms with Crippen LogP contribution >= 0.6 is 23.2 Å². The van der Waals surface area contributed by atoms with Gasteiger partial charge in [0.05, 0.1) is 16.7 Å². The summed E-state index contributed by atoms with van der Waals surface area (Å²) in [6, 6.07) is 5.69. The van der Waals surface area contributed by atoms with E-state index in [1.807, 2.05) is 0 Å². The molecule has 2 aromatic carbocycles. The predicted molar refractivity (Wildman–Crippen MR) is 114 cm³/mol. The molecule has 0 bridgehead atoms. The van der Waals surface area contributed by atoms with Gasteiger partial charge in [-0.1, -0.05) is 23.2 Å². The molecule has 1 aromatic heterocycles. The fourth-order valence-corrected chi connectivity index (χ4v) is 4.44. The van der Waals surface area contributed by atoms with Crippen LogP contribution in [0.1, 0.15) is 13.8 Å². The zero-order chi connectivity index (χ0) is 22.7. The van der Waals surface area contributed by atoms with E-state index in [1.165, 1.54) is 26.0 Å². The topological polar surface area (TPSA) is 135 Å². The van der Waals surface area contributed by atoms with Gasteiger partial charge in [-0.25, -0.2) is 9.59 Å². The van der Waals surface area contributed by atoms with Crippen LogP contribution in [0.5, 0.6) is 0 Å². The van der Waals surface area contributed by atoms with E-state index < -0.39 is 32.7 Å². The fraction of sp³-hybridized carbons (Fsp3) is 0.158. The van der Waals surface area contributed by atoms with Crippen LogP contribution in [-0.2, 0) is 29.2 Å². The van der Waals surface area contributed by atoms with Gasteiger partial charge in [0.15, 0.2) is 5.57 Å². The summed E-state index contributed by atoms with van der Waals surface area (Å²) in [4.78, 5) is 26.8. The number of rotatable bonds is 3. The molecule has 3 aromatic rings. The Hall–Kier alpha value is -2.79. The van der Waals surface area contributed by atoms with Gasteiger partial charge in [-0.3, -0.25) is 4.55 Å². The number of carbonyl (C=O) groups excluding carboxylic acids is 2. The standard InChI is InChI=1S/C19H14Cl2N2O7S/c1-19(2)29-17(24)12(18(25)30-19)7-22-13-5-8(20)3-10-11-4-9(21)6-14(31(26,27)28)16(11)23-15(10)13/h3-7,22-23H,1-2H3,(H,26,27,28). The van der Waals surface area contributed by atoms with E-state index in [1.54, 1.807) is 6.07 Å². The first kappa shape index (κ1) is 21.4. The molecule has 12 heteroatoms. The van der Waals surface area contributed by atoms with Crippen LogP contribution in [0.4, 0.5) is 5.69 Å². The molecule has 1 saturated heterocycles. The second-order valence-electron chi connectivity index (χ2n) is 7.18. The van der Waals surface area contributed by atoms with Gasteiger partial charge in [0.25, 0.3) is 15.9 Å². The Morgan fingerprint density at radius 2 is 1.55 bits per heavy atom. The number of ether oxygens (including phenoxy) is 2. The van der Waals surface area contributed by atoms with Crippen LogP contribution in [0.2, 0.25) is 10.0 Å². The highest BCUT2D eigenvalue weighted by Gasteiger charge is 2.39. The normalized spacial score (nSPS) is 16.4. The Morgan fingerprint density at radius 1 is 1.00 bits per heavy atom. The van der Waals surface area contributed by atoms with Crippen molar-refractivity contribution in [2.75, 3.05) is 5.32 Å². The van der Waals surface area contributed by atoms with Crippen molar-refractivity contribution in [3.05, 3.63) is 46.1 Å². The summed E-state index contributed by atoms with van der Waals surface area (Å²) in [6.07, 6.45) is 1.10. The molecule has 1 aliphatic rings. The molecule has 0 aliphatic carbocycles. The molecular weight excluding hydrogens is 471 g/mol. The molecule has 0 spiro atoms. The summed E-state index contributed by atoms with van der Waals surface area (Å²) in [5.74, 6) is -3.12. The van der Waals surface area contributed by atoms with Gasteiger partial charge in [0.2, 0.25) is 0 Å². The number of aromatic nitrogens is 1. The first-order valence-electron chi connectivity index (χ1n) is 8.71. The molecule has 2 heterocycles. The van der Waals surface area contributed by atoms with Crippen LogP contribution in [0.25, 0.3) is 21.8 Å². The van der Waals surface area contributed by atoms with Gasteiger partial charge in [-0.15, -0.1) is 0 Å². The lowest BCUT2D eigenvalue weighted by molar-refractivity contribution is -0.222. The van der Waals surface area contributed by atoms with E-state index in [-0.39, 0.29) is 21.1 Å². The lowest BCUT2D eigenvalue weighted by Gasteiger charge is -2.29. The van der Waals surface area contributed by atoms with Crippen LogP contribution in [0.3, 0.4) is 0 Å². The SMILES string of the molecule is CC1(C)OC(=O)C(=CNc2cc(Cl)cc3c2[nH]c2c(S(=O)(=O)O)cc(Cl)cc23)C(=O)O1. The zero-order valence-electron chi connectivity index (χ0n) is 15.9. The summed E-state index contributed by atoms with van der Waals surface area (Å²) in [5, 5.41) is 4.05. The average molecular weight is 485 g/mol. The minimum absolute atomic E-state index is 0.0907. The molecule has 4 rings (SSSR count). The molecule has 1 aliphatic heterocycles. The Morgan fingerprint density at radius 3 is 2.13 bits per heavy atom. The Balaban J connectivity index is 1.87. The third-order valence-corrected chi connectivity index (χ3v) is 5.79. The molecule has 0 saturated carbocycles. The number of fused-ring (bicyclic) bond motifs is 3. The molecule has 9 nitrogen and oxygen atoms in total. The van der Waals surface area contributed by atoms with Crippen LogP contribution in [0.15, 0.2) is 40.9 Å². The van der Waals surface area contributed by atoms with Crippen molar-refractivity contribution in [1.29, 1.82) is 0 Å². The van der Waals surface area contributed by atoms with Crippen molar-refractivity contribution in [2.45, 2.75) is 24.5 Å². The van der Waals surface area contributed by atoms with E-state index in [9.17, 15) is 22.6 Å². The zero-order valence-corrected chi connectivity index (χ0v) is 18.3. The molecule has 3 N–H and O–H groups in total. The van der Waals surface area contributed by atoms with Gasteiger partial charge in [-0.2, -0.15) is 8.42 Å². The third-order valence-electron chi connectivity index (χ3n) is 4.48. The first-order chi connectivity index (χ1) is 14.4. The fourth-order valence-electron chi connectivity index (χ4n) is 3.25. The summed E-state index contributed by atoms with van der Waals surface area (Å²) >= 11 is 12.2. The number of anilines is 1. The number of aromatic amines is 1. The third kappa shape index (κ3) is 3.94. The smallest absolute Gasteiger partial charge is 0.350 e. The Labute approximate surface area is 185 Å². The van der Waals surface area contributed by atoms with Crippen molar-refractivity contribution in [3.8, 4) is 0 Å². The lowest BCUT2D eigenvalue weighted by Crippen LogP contribution is -2.42. The maximum atomic E-state index is 12.1. The monoisotopic (exact) mass is 484 g/mol. The quantitative estimate of drug-likeness (QED) is 0.219. The number of nitrogens with one attached hydrogen (secondary N) is 2. The highest BCUT2D eigenvalue weighted by molar-refractivity contribution is 7.86. The highest BCUT2D eigenvalue weighted by Crippen LogP contribution is 2.37. The van der Waals surface area contributed by atoms with Crippen molar-refractivity contribution in [3.63, 3.8) is 0 Å². The lowest BCUT2D eigenvalue weighted by atomic mass is 10.1. The van der Waals surface area contributed by atoms with Crippen LogP contribution < -0.4 is 5.32 Å². The van der Waals surface area contributed by atoms with Gasteiger partial charge < -0.3 is 19.8 Å². The minimum Gasteiger partial charge on any atom is -0.419 e. The van der Waals surface area contributed by atoms with Gasteiger partial charge in [0, 0.05) is 40.9 Å². The summed E-state index contributed by atoms with van der Waals surface area (Å²) in [7, 11) is -4.58. The minimum atomic E-state index is -4.58. The van der Waals surface area contributed by atoms with Gasteiger partial charge in [0.1, 0.15) is 4.90 Å². The van der Waals surface area contributed by atoms with E-state index in [0.29, 0.717) is 22.0 Å². The average Bonchev–Trinajstić information content (AvgIpc) is 2.96. The largest absolute Gasteiger partial charge is 0.419 e. The molecule has 0 unspecified atom stereocenters. The summed E-state index contributed by atoms with van der Waals surface area (Å²) in [6.45, 7) is 2.85. The van der Waals surface area contributed by atoms with Crippen molar-refractivity contribution >= 4 is 72.8 Å². The number of carbonyl (C=O) groups is 2. The number of H-pyrrole nitrogens is 1. The summed E-state index contributed by atoms with van der Waals surface area (Å²) in [5.41, 5.74) is 0.443. The Kier molecular flexibility index (Phi) is 4.93. The van der Waals surface area contributed by atoms with Gasteiger partial charge >= 0.3 is 11.9 Å². The van der Waals surface area contributed by atoms with Crippen LogP contribution in [0, 0.1) is 0 Å². The van der Waals surface area contributed by atoms with Crippen molar-refractivity contribution in [2.24, 2.45) is 0 Å². The number of cyclic esters (lactones) is 2. The van der Waals surface area contributed by atoms with E-state index in [4.69, 9.17) is 32.7 Å². The molecule has 0 atom stereocenters. The molecule has 162 valence electrons. The molecular formula is C19H14Cl2N2O7S. The van der Waals surface area contributed by atoms with Crippen molar-refractivity contribution < 1.29 is 32.0 Å². The number of halogens is 2. The number of hydrogen-bond donors (Lipinski definition) is 3. The molecule has 1 fully saturated rings. The molecule has 0 amide bonds. The first-order valence-corrected chi connectivity index (χ1v) is 10.9. The van der Waals surface area contributed by atoms with E-state index in [2.05, 4.69) is 10.3 Å². The highest BCUT2D eigenvalue weighted by atomic mass is 35.5. The molecule has 31 heavy (non-hydrogen) atoms. The number of esters is 2. The van der Waals surface area contributed by atoms with Crippen LogP contribution in [-0.4, -0.2) is 35.7 Å².